The second-order valence-corrected chi connectivity index (χ2v) is 6.29. The summed E-state index contributed by atoms with van der Waals surface area (Å²) in [6.45, 7) is 6.10. The maximum absolute atomic E-state index is 14.2. The normalized spacial score (nSPS) is 16.7. The van der Waals surface area contributed by atoms with Gasteiger partial charge in [0.05, 0.1) is 5.56 Å². The first-order valence-electron chi connectivity index (χ1n) is 8.21. The van der Waals surface area contributed by atoms with Gasteiger partial charge in [-0.05, 0) is 54.5 Å². The lowest BCUT2D eigenvalue weighted by Gasteiger charge is -2.13. The summed E-state index contributed by atoms with van der Waals surface area (Å²) in [4.78, 5) is 16.3. The van der Waals surface area contributed by atoms with Gasteiger partial charge in [0.15, 0.2) is 0 Å². The minimum atomic E-state index is -0.472. The first-order chi connectivity index (χ1) is 11.0. The molecule has 1 aromatic rings. The first kappa shape index (κ1) is 17.4. The Bertz CT molecular complexity index is 645. The Labute approximate surface area is 137 Å². The van der Waals surface area contributed by atoms with Crippen LogP contribution < -0.4 is 5.32 Å². The molecule has 0 aromatic heterocycles. The van der Waals surface area contributed by atoms with Crippen molar-refractivity contribution >= 4 is 17.7 Å². The molecule has 1 saturated carbocycles. The predicted molar refractivity (Wildman–Crippen MR) is 93.5 cm³/mol. The second-order valence-electron chi connectivity index (χ2n) is 6.29. The summed E-state index contributed by atoms with van der Waals surface area (Å²) in [6, 6.07) is 3.29. The van der Waals surface area contributed by atoms with Gasteiger partial charge >= 0.3 is 0 Å². The molecule has 1 N–H and O–H groups in total. The molecular weight excluding hydrogens is 291 g/mol. The van der Waals surface area contributed by atoms with E-state index < -0.39 is 5.82 Å². The zero-order valence-electron chi connectivity index (χ0n) is 14.3. The smallest absolute Gasteiger partial charge is 0.254 e. The number of allylic oxidation sites excluding steroid dienone is 2. The van der Waals surface area contributed by atoms with E-state index in [-0.39, 0.29) is 17.5 Å². The van der Waals surface area contributed by atoms with Crippen LogP contribution in [0.4, 0.5) is 4.39 Å². The van der Waals surface area contributed by atoms with E-state index in [4.69, 9.17) is 0 Å². The van der Waals surface area contributed by atoms with Gasteiger partial charge in [-0.3, -0.25) is 9.79 Å². The highest BCUT2D eigenvalue weighted by atomic mass is 19.1. The molecule has 2 rings (SSSR count). The molecule has 1 fully saturated rings. The third-order valence-electron chi connectivity index (χ3n) is 4.16. The van der Waals surface area contributed by atoms with E-state index in [1.54, 1.807) is 19.3 Å². The van der Waals surface area contributed by atoms with Crippen molar-refractivity contribution in [2.75, 3.05) is 7.05 Å². The number of aliphatic imine (C=N–C) groups is 1. The molecule has 3 nitrogen and oxygen atoms in total. The van der Waals surface area contributed by atoms with Crippen LogP contribution in [0.3, 0.4) is 0 Å². The quantitative estimate of drug-likeness (QED) is 0.787. The van der Waals surface area contributed by atoms with Gasteiger partial charge in [0.2, 0.25) is 0 Å². The number of carbonyl (C=O) groups excluding carboxylic acids is 1. The zero-order chi connectivity index (χ0) is 17.0. The molecule has 0 saturated heterocycles. The van der Waals surface area contributed by atoms with Crippen molar-refractivity contribution < 1.29 is 9.18 Å². The highest BCUT2D eigenvalue weighted by Crippen LogP contribution is 2.25. The molecule has 1 atom stereocenters. The van der Waals surface area contributed by atoms with Crippen LogP contribution in [0, 0.1) is 18.7 Å². The summed E-state index contributed by atoms with van der Waals surface area (Å²) >= 11 is 0. The van der Waals surface area contributed by atoms with Crippen LogP contribution in [0.15, 0.2) is 23.2 Å². The Morgan fingerprint density at radius 1 is 1.43 bits per heavy atom. The van der Waals surface area contributed by atoms with E-state index in [9.17, 15) is 9.18 Å². The lowest BCUT2D eigenvalue weighted by Crippen LogP contribution is -2.26. The molecule has 1 aliphatic rings. The number of benzene rings is 1. The Hall–Kier alpha value is -1.97. The van der Waals surface area contributed by atoms with E-state index in [2.05, 4.69) is 30.2 Å². The number of aryl methyl sites for hydroxylation is 1. The van der Waals surface area contributed by atoms with Gasteiger partial charge in [-0.25, -0.2) is 4.39 Å². The maximum atomic E-state index is 14.2. The summed E-state index contributed by atoms with van der Waals surface area (Å²) in [5.74, 6) is -0.417. The molecule has 0 radical (unpaired) electrons. The van der Waals surface area contributed by atoms with Crippen molar-refractivity contribution in [3.05, 3.63) is 40.7 Å². The Kier molecular flexibility index (Phi) is 5.69. The van der Waals surface area contributed by atoms with Gasteiger partial charge in [0.25, 0.3) is 5.91 Å². The van der Waals surface area contributed by atoms with E-state index >= 15 is 0 Å². The van der Waals surface area contributed by atoms with Gasteiger partial charge in [-0.15, -0.1) is 0 Å². The number of halogens is 1. The van der Waals surface area contributed by atoms with Crippen molar-refractivity contribution in [3.8, 4) is 0 Å². The molecule has 4 heteroatoms. The van der Waals surface area contributed by atoms with E-state index in [1.807, 2.05) is 6.92 Å². The van der Waals surface area contributed by atoms with Crippen molar-refractivity contribution in [1.82, 2.24) is 5.32 Å². The van der Waals surface area contributed by atoms with Crippen LogP contribution in [-0.4, -0.2) is 25.2 Å². The van der Waals surface area contributed by atoms with Crippen LogP contribution in [0.25, 0.3) is 5.57 Å². The van der Waals surface area contributed by atoms with E-state index in [1.165, 1.54) is 6.07 Å². The van der Waals surface area contributed by atoms with Crippen LogP contribution in [-0.2, 0) is 0 Å². The standard InChI is InChI=1S/C19H25FN2O/c1-5-12(2)8-14(11-21-4)16-10-17(18(20)9-13(16)3)19(23)22-15-6-7-15/h8-12,15H,5-7H2,1-4H3,(H,22,23)/b14-8+,21-11?. The average Bonchev–Trinajstić information content (AvgIpc) is 3.30. The molecule has 0 heterocycles. The SMILES string of the molecule is CCC(C)/C=C(\C=NC)c1cc(C(=O)NC2CC2)c(F)cc1C. The van der Waals surface area contributed by atoms with E-state index in [0.29, 0.717) is 5.92 Å². The minimum absolute atomic E-state index is 0.108. The van der Waals surface area contributed by atoms with Gasteiger partial charge in [0.1, 0.15) is 5.82 Å². The topological polar surface area (TPSA) is 41.5 Å². The number of hydrogen-bond donors (Lipinski definition) is 1. The van der Waals surface area contributed by atoms with Crippen LogP contribution in [0.5, 0.6) is 0 Å². The summed E-state index contributed by atoms with van der Waals surface area (Å²) in [6.07, 6.45) is 6.86. The van der Waals surface area contributed by atoms with Gasteiger partial charge in [-0.1, -0.05) is 26.3 Å². The fraction of sp³-hybridized carbons (Fsp3) is 0.474. The molecule has 0 aliphatic heterocycles. The number of carbonyl (C=O) groups is 1. The summed E-state index contributed by atoms with van der Waals surface area (Å²) in [5, 5.41) is 2.85. The molecule has 0 bridgehead atoms. The number of nitrogens with zero attached hydrogens (tertiary/aromatic N) is 1. The monoisotopic (exact) mass is 316 g/mol. The highest BCUT2D eigenvalue weighted by molar-refractivity contribution is 6.11. The summed E-state index contributed by atoms with van der Waals surface area (Å²) < 4.78 is 14.2. The Morgan fingerprint density at radius 3 is 2.70 bits per heavy atom. The van der Waals surface area contributed by atoms with Crippen molar-refractivity contribution in [2.24, 2.45) is 10.9 Å². The number of nitrogens with one attached hydrogen (secondary N) is 1. The van der Waals surface area contributed by atoms with Crippen LogP contribution in [0.1, 0.15) is 54.6 Å². The minimum Gasteiger partial charge on any atom is -0.349 e. The molecule has 124 valence electrons. The fourth-order valence-corrected chi connectivity index (χ4v) is 2.41. The number of hydrogen-bond acceptors (Lipinski definition) is 2. The van der Waals surface area contributed by atoms with Gasteiger partial charge in [0, 0.05) is 19.3 Å². The second kappa shape index (κ2) is 7.53. The molecule has 1 unspecified atom stereocenters. The van der Waals surface area contributed by atoms with Crippen molar-refractivity contribution in [2.45, 2.75) is 46.1 Å². The molecule has 1 amide bonds. The van der Waals surface area contributed by atoms with Crippen molar-refractivity contribution in [3.63, 3.8) is 0 Å². The van der Waals surface area contributed by atoms with Crippen LogP contribution in [0.2, 0.25) is 0 Å². The molecule has 1 aliphatic carbocycles. The lowest BCUT2D eigenvalue weighted by atomic mass is 9.94. The van der Waals surface area contributed by atoms with Crippen molar-refractivity contribution in [1.29, 1.82) is 0 Å². The fourth-order valence-electron chi connectivity index (χ4n) is 2.41. The van der Waals surface area contributed by atoms with Crippen LogP contribution >= 0.6 is 0 Å². The zero-order valence-corrected chi connectivity index (χ0v) is 14.3. The molecule has 1 aromatic carbocycles. The Balaban J connectivity index is 2.43. The van der Waals surface area contributed by atoms with Gasteiger partial charge < -0.3 is 5.32 Å². The molecular formula is C19H25FN2O. The lowest BCUT2D eigenvalue weighted by molar-refractivity contribution is 0.0947. The molecule has 23 heavy (non-hydrogen) atoms. The first-order valence-corrected chi connectivity index (χ1v) is 8.21. The summed E-state index contributed by atoms with van der Waals surface area (Å²) in [7, 11) is 1.71. The van der Waals surface area contributed by atoms with E-state index in [0.717, 1.165) is 36.0 Å². The third-order valence-corrected chi connectivity index (χ3v) is 4.16. The summed E-state index contributed by atoms with van der Waals surface area (Å²) in [5.41, 5.74) is 2.70. The Morgan fingerprint density at radius 2 is 2.13 bits per heavy atom. The maximum Gasteiger partial charge on any atom is 0.254 e. The van der Waals surface area contributed by atoms with Gasteiger partial charge in [-0.2, -0.15) is 0 Å². The highest BCUT2D eigenvalue weighted by Gasteiger charge is 2.25. The predicted octanol–water partition coefficient (Wildman–Crippen LogP) is 4.16. The largest absolute Gasteiger partial charge is 0.349 e. The third kappa shape index (κ3) is 4.50. The average molecular weight is 316 g/mol. The molecule has 0 spiro atoms. The number of amides is 1. The number of rotatable bonds is 6.